The van der Waals surface area contributed by atoms with E-state index >= 15 is 0 Å². The SMILES string of the molecule is CCCN(C(=O)Cn1cc([N+](=O)[O-])ccc1=O)C(C)C(=O)Nc1ccccc1. The van der Waals surface area contributed by atoms with E-state index in [0.717, 1.165) is 22.9 Å². The van der Waals surface area contributed by atoms with Crippen LogP contribution in [-0.2, 0) is 16.1 Å². The molecule has 0 aliphatic carbocycles. The number of rotatable bonds is 8. The number of aromatic nitrogens is 1. The first-order valence-corrected chi connectivity index (χ1v) is 8.83. The van der Waals surface area contributed by atoms with Crippen LogP contribution < -0.4 is 10.9 Å². The van der Waals surface area contributed by atoms with Crippen LogP contribution in [0.25, 0.3) is 0 Å². The van der Waals surface area contributed by atoms with E-state index in [0.29, 0.717) is 18.7 Å². The first kappa shape index (κ1) is 20.8. The van der Waals surface area contributed by atoms with Gasteiger partial charge in [-0.2, -0.15) is 0 Å². The van der Waals surface area contributed by atoms with E-state index in [1.54, 1.807) is 31.2 Å². The maximum absolute atomic E-state index is 12.8. The Kier molecular flexibility index (Phi) is 7.02. The lowest BCUT2D eigenvalue weighted by Crippen LogP contribution is -2.47. The number of nitrogens with zero attached hydrogens (tertiary/aromatic N) is 3. The van der Waals surface area contributed by atoms with Crippen LogP contribution in [0.5, 0.6) is 0 Å². The molecule has 1 atom stereocenters. The number of anilines is 1. The number of para-hydroxylation sites is 1. The Balaban J connectivity index is 2.17. The third-order valence-corrected chi connectivity index (χ3v) is 4.16. The van der Waals surface area contributed by atoms with Gasteiger partial charge in [0.1, 0.15) is 12.6 Å². The van der Waals surface area contributed by atoms with Crippen molar-refractivity contribution in [3.05, 3.63) is 69.1 Å². The van der Waals surface area contributed by atoms with Crippen molar-refractivity contribution in [2.45, 2.75) is 32.9 Å². The van der Waals surface area contributed by atoms with Gasteiger partial charge in [-0.3, -0.25) is 29.1 Å². The van der Waals surface area contributed by atoms with Crippen LogP contribution >= 0.6 is 0 Å². The fourth-order valence-electron chi connectivity index (χ4n) is 2.67. The van der Waals surface area contributed by atoms with Crippen molar-refractivity contribution in [1.29, 1.82) is 0 Å². The van der Waals surface area contributed by atoms with Crippen LogP contribution in [0.4, 0.5) is 11.4 Å². The maximum atomic E-state index is 12.8. The zero-order valence-electron chi connectivity index (χ0n) is 15.7. The van der Waals surface area contributed by atoms with Crippen molar-refractivity contribution in [2.75, 3.05) is 11.9 Å². The molecule has 1 unspecified atom stereocenters. The molecule has 9 heteroatoms. The highest BCUT2D eigenvalue weighted by Crippen LogP contribution is 2.11. The Labute approximate surface area is 161 Å². The van der Waals surface area contributed by atoms with Gasteiger partial charge in [0, 0.05) is 24.4 Å². The van der Waals surface area contributed by atoms with Crippen LogP contribution in [0.2, 0.25) is 0 Å². The van der Waals surface area contributed by atoms with Gasteiger partial charge in [-0.1, -0.05) is 25.1 Å². The summed E-state index contributed by atoms with van der Waals surface area (Å²) in [7, 11) is 0. The minimum absolute atomic E-state index is 0.288. The van der Waals surface area contributed by atoms with Crippen LogP contribution in [0.15, 0.2) is 53.5 Å². The summed E-state index contributed by atoms with van der Waals surface area (Å²) in [5.41, 5.74) is -0.209. The monoisotopic (exact) mass is 386 g/mol. The van der Waals surface area contributed by atoms with Crippen molar-refractivity contribution in [2.24, 2.45) is 0 Å². The molecule has 1 heterocycles. The molecule has 2 rings (SSSR count). The molecule has 28 heavy (non-hydrogen) atoms. The summed E-state index contributed by atoms with van der Waals surface area (Å²) in [6.07, 6.45) is 1.64. The molecule has 9 nitrogen and oxygen atoms in total. The zero-order valence-corrected chi connectivity index (χ0v) is 15.7. The number of carbonyl (C=O) groups is 2. The first-order chi connectivity index (χ1) is 13.3. The maximum Gasteiger partial charge on any atom is 0.285 e. The molecule has 0 aliphatic rings. The quantitative estimate of drug-likeness (QED) is 0.551. The molecular formula is C19H22N4O5. The molecule has 1 aromatic carbocycles. The number of benzene rings is 1. The summed E-state index contributed by atoms with van der Waals surface area (Å²) in [5.74, 6) is -0.834. The highest BCUT2D eigenvalue weighted by Gasteiger charge is 2.26. The largest absolute Gasteiger partial charge is 0.329 e. The number of nitro groups is 1. The molecule has 2 aromatic rings. The number of pyridine rings is 1. The molecule has 0 bridgehead atoms. The van der Waals surface area contributed by atoms with E-state index < -0.39 is 22.4 Å². The molecule has 1 N–H and O–H groups in total. The van der Waals surface area contributed by atoms with Gasteiger partial charge in [0.2, 0.25) is 11.8 Å². The normalized spacial score (nSPS) is 11.5. The summed E-state index contributed by atoms with van der Waals surface area (Å²) >= 11 is 0. The summed E-state index contributed by atoms with van der Waals surface area (Å²) < 4.78 is 0.977. The summed E-state index contributed by atoms with van der Waals surface area (Å²) in [6, 6.07) is 10.2. The molecule has 1 aromatic heterocycles. The van der Waals surface area contributed by atoms with E-state index in [1.807, 2.05) is 13.0 Å². The van der Waals surface area contributed by atoms with Crippen LogP contribution in [0.3, 0.4) is 0 Å². The van der Waals surface area contributed by atoms with Gasteiger partial charge in [0.05, 0.1) is 11.1 Å². The summed E-state index contributed by atoms with van der Waals surface area (Å²) in [5, 5.41) is 13.6. The Hall–Kier alpha value is -3.49. The zero-order chi connectivity index (χ0) is 20.7. The smallest absolute Gasteiger partial charge is 0.285 e. The summed E-state index contributed by atoms with van der Waals surface area (Å²) in [6.45, 7) is 3.39. The van der Waals surface area contributed by atoms with E-state index in [-0.39, 0.29) is 18.1 Å². The van der Waals surface area contributed by atoms with E-state index in [2.05, 4.69) is 5.32 Å². The molecule has 0 aliphatic heterocycles. The number of hydrogen-bond donors (Lipinski definition) is 1. The molecular weight excluding hydrogens is 364 g/mol. The molecule has 2 amide bonds. The average molecular weight is 386 g/mol. The Morgan fingerprint density at radius 1 is 1.21 bits per heavy atom. The number of amides is 2. The second-order valence-corrected chi connectivity index (χ2v) is 6.23. The van der Waals surface area contributed by atoms with Gasteiger partial charge in [0.15, 0.2) is 0 Å². The van der Waals surface area contributed by atoms with Gasteiger partial charge in [-0.25, -0.2) is 0 Å². The van der Waals surface area contributed by atoms with Crippen LogP contribution in [-0.4, -0.2) is 38.8 Å². The third-order valence-electron chi connectivity index (χ3n) is 4.16. The molecule has 0 saturated carbocycles. The minimum atomic E-state index is -0.776. The van der Waals surface area contributed by atoms with Crippen molar-refractivity contribution < 1.29 is 14.5 Å². The summed E-state index contributed by atoms with van der Waals surface area (Å²) in [4.78, 5) is 48.9. The van der Waals surface area contributed by atoms with E-state index in [9.17, 15) is 24.5 Å². The molecule has 0 fully saturated rings. The van der Waals surface area contributed by atoms with Gasteiger partial charge in [0.25, 0.3) is 11.2 Å². The number of hydrogen-bond acceptors (Lipinski definition) is 5. The first-order valence-electron chi connectivity index (χ1n) is 8.83. The predicted molar refractivity (Wildman–Crippen MR) is 104 cm³/mol. The minimum Gasteiger partial charge on any atom is -0.329 e. The van der Waals surface area contributed by atoms with Crippen molar-refractivity contribution in [3.63, 3.8) is 0 Å². The molecule has 148 valence electrons. The van der Waals surface area contributed by atoms with Crippen LogP contribution in [0, 0.1) is 10.1 Å². The number of nitrogens with one attached hydrogen (secondary N) is 1. The van der Waals surface area contributed by atoms with Gasteiger partial charge >= 0.3 is 0 Å². The number of carbonyl (C=O) groups excluding carboxylic acids is 2. The topological polar surface area (TPSA) is 115 Å². The second-order valence-electron chi connectivity index (χ2n) is 6.23. The fraction of sp³-hybridized carbons (Fsp3) is 0.316. The van der Waals surface area contributed by atoms with Gasteiger partial charge < -0.3 is 10.2 Å². The second kappa shape index (κ2) is 9.45. The Bertz CT molecular complexity index is 910. The molecule has 0 saturated heterocycles. The van der Waals surface area contributed by atoms with Crippen molar-refractivity contribution in [3.8, 4) is 0 Å². The lowest BCUT2D eigenvalue weighted by molar-refractivity contribution is -0.385. The van der Waals surface area contributed by atoms with E-state index in [4.69, 9.17) is 0 Å². The standard InChI is InChI=1S/C19H22N4O5/c1-3-11-22(14(2)19(26)20-15-7-5-4-6-8-15)18(25)13-21-12-16(23(27)28)9-10-17(21)24/h4-10,12,14H,3,11,13H2,1-2H3,(H,20,26). The fourth-order valence-corrected chi connectivity index (χ4v) is 2.67. The predicted octanol–water partition coefficient (Wildman–Crippen LogP) is 2.02. The van der Waals surface area contributed by atoms with Gasteiger partial charge in [-0.05, 0) is 25.5 Å². The van der Waals surface area contributed by atoms with Crippen molar-refractivity contribution in [1.82, 2.24) is 9.47 Å². The third kappa shape index (κ3) is 5.26. The molecule has 0 spiro atoms. The van der Waals surface area contributed by atoms with Crippen LogP contribution in [0.1, 0.15) is 20.3 Å². The lowest BCUT2D eigenvalue weighted by Gasteiger charge is -2.28. The van der Waals surface area contributed by atoms with Crippen molar-refractivity contribution >= 4 is 23.2 Å². The highest BCUT2D eigenvalue weighted by atomic mass is 16.6. The average Bonchev–Trinajstić information content (AvgIpc) is 2.67. The van der Waals surface area contributed by atoms with Gasteiger partial charge in [-0.15, -0.1) is 0 Å². The highest BCUT2D eigenvalue weighted by molar-refractivity contribution is 5.96. The lowest BCUT2D eigenvalue weighted by atomic mass is 10.2. The van der Waals surface area contributed by atoms with E-state index in [1.165, 1.54) is 4.90 Å². The Morgan fingerprint density at radius 2 is 1.89 bits per heavy atom. The Morgan fingerprint density at radius 3 is 2.50 bits per heavy atom. The molecule has 0 radical (unpaired) electrons.